The van der Waals surface area contributed by atoms with Crippen LogP contribution in [0.25, 0.3) is 11.1 Å². The number of rotatable bonds is 3. The molecular formula is C26H22N2O8. The summed E-state index contributed by atoms with van der Waals surface area (Å²) in [5.74, 6) is -11.3. The van der Waals surface area contributed by atoms with Crippen molar-refractivity contribution in [3.05, 3.63) is 53.1 Å². The first-order valence-electron chi connectivity index (χ1n) is 11.4. The molecular weight excluding hydrogens is 468 g/mol. The van der Waals surface area contributed by atoms with Gasteiger partial charge >= 0.3 is 0 Å². The monoisotopic (exact) mass is 490 g/mol. The number of carbonyl (C=O) groups excluding carboxylic acids is 6. The molecule has 0 saturated heterocycles. The fourth-order valence-electron chi connectivity index (χ4n) is 6.08. The van der Waals surface area contributed by atoms with Crippen molar-refractivity contribution in [1.82, 2.24) is 0 Å². The Morgan fingerprint density at radius 1 is 0.972 bits per heavy atom. The minimum absolute atomic E-state index is 0.00251. The molecule has 0 radical (unpaired) electrons. The molecule has 2 saturated carbocycles. The second kappa shape index (κ2) is 7.92. The summed E-state index contributed by atoms with van der Waals surface area (Å²) < 4.78 is 0. The van der Waals surface area contributed by atoms with Gasteiger partial charge in [-0.15, -0.1) is 0 Å². The molecule has 2 amide bonds. The van der Waals surface area contributed by atoms with E-state index in [2.05, 4.69) is 0 Å². The maximum Gasteiger partial charge on any atom is 0.248 e. The molecule has 10 heteroatoms. The first-order chi connectivity index (χ1) is 17.0. The zero-order valence-electron chi connectivity index (χ0n) is 18.9. The maximum atomic E-state index is 13.6. The van der Waals surface area contributed by atoms with E-state index in [1.54, 1.807) is 24.3 Å². The molecule has 3 aliphatic rings. The second-order valence-electron chi connectivity index (χ2n) is 9.67. The predicted octanol–water partition coefficient (Wildman–Crippen LogP) is 0.0928. The van der Waals surface area contributed by atoms with Gasteiger partial charge < -0.3 is 21.7 Å². The van der Waals surface area contributed by atoms with Crippen molar-refractivity contribution in [1.29, 1.82) is 0 Å². The van der Waals surface area contributed by atoms with Crippen molar-refractivity contribution in [3.8, 4) is 16.9 Å². The van der Waals surface area contributed by atoms with Crippen molar-refractivity contribution in [2.45, 2.75) is 24.9 Å². The van der Waals surface area contributed by atoms with Crippen LogP contribution in [-0.4, -0.2) is 50.8 Å². The molecule has 2 unspecified atom stereocenters. The number of hydrogen-bond donors (Lipinski definition) is 4. The largest absolute Gasteiger partial charge is 0.507 e. The molecule has 2 fully saturated rings. The molecule has 10 nitrogen and oxygen atoms in total. The van der Waals surface area contributed by atoms with Crippen LogP contribution in [0.3, 0.4) is 0 Å². The lowest BCUT2D eigenvalue weighted by molar-refractivity contribution is -0.175. The van der Waals surface area contributed by atoms with Crippen LogP contribution < -0.4 is 11.5 Å². The number of amides is 2. The van der Waals surface area contributed by atoms with E-state index in [9.17, 15) is 39.0 Å². The smallest absolute Gasteiger partial charge is 0.248 e. The number of benzene rings is 2. The first kappa shape index (κ1) is 23.6. The molecule has 0 heterocycles. The molecule has 0 bridgehead atoms. The minimum atomic E-state index is -2.69. The fraction of sp³-hybridized carbons (Fsp3) is 0.308. The van der Waals surface area contributed by atoms with E-state index in [4.69, 9.17) is 11.5 Å². The molecule has 5 rings (SSSR count). The number of fused-ring (bicyclic) bond motifs is 3. The standard InChI is InChI=1S/C26H22N2O8/c27-24(34)11-3-1-2-10(6-11)14-4-5-16(29)19-15(14)8-12-7-13-9-17(30)20(25(28)35)23(33)26(13,36)22(32)18(12)21(19)31/h1-6,12-13,18,20,29,36H,7-9H2,(H2,27,34)(H2,28,35)/t12-,13+,18?,20?,26+/m1/s1. The third-order valence-electron chi connectivity index (χ3n) is 7.74. The maximum absolute atomic E-state index is 13.6. The normalized spacial score (nSPS) is 29.2. The Labute approximate surface area is 204 Å². The van der Waals surface area contributed by atoms with Crippen molar-refractivity contribution in [2.75, 3.05) is 0 Å². The Hall–Kier alpha value is -4.18. The van der Waals surface area contributed by atoms with E-state index in [1.165, 1.54) is 12.1 Å². The summed E-state index contributed by atoms with van der Waals surface area (Å²) in [6.07, 6.45) is -0.271. The molecule has 3 aliphatic carbocycles. The summed E-state index contributed by atoms with van der Waals surface area (Å²) in [4.78, 5) is 76.0. The van der Waals surface area contributed by atoms with E-state index in [0.717, 1.165) is 0 Å². The number of primary amides is 2. The fourth-order valence-corrected chi connectivity index (χ4v) is 6.08. The third-order valence-corrected chi connectivity index (χ3v) is 7.74. The lowest BCUT2D eigenvalue weighted by atomic mass is 9.53. The Bertz CT molecular complexity index is 1410. The number of nitrogens with two attached hydrogens (primary N) is 2. The number of phenols is 1. The Balaban J connectivity index is 1.62. The number of aliphatic hydroxyl groups is 1. The number of carbonyl (C=O) groups is 6. The number of ketones is 4. The van der Waals surface area contributed by atoms with Crippen molar-refractivity contribution >= 4 is 34.9 Å². The van der Waals surface area contributed by atoms with Gasteiger partial charge in [-0.2, -0.15) is 0 Å². The highest BCUT2D eigenvalue weighted by Gasteiger charge is 2.66. The first-order valence-corrected chi connectivity index (χ1v) is 11.4. The van der Waals surface area contributed by atoms with E-state index in [-0.39, 0.29) is 29.7 Å². The molecule has 36 heavy (non-hydrogen) atoms. The molecule has 2 aromatic rings. The minimum Gasteiger partial charge on any atom is -0.507 e. The van der Waals surface area contributed by atoms with Gasteiger partial charge in [0.25, 0.3) is 0 Å². The number of phenolic OH excluding ortho intramolecular Hbond substituents is 1. The van der Waals surface area contributed by atoms with Crippen LogP contribution in [0.5, 0.6) is 5.75 Å². The van der Waals surface area contributed by atoms with Crippen LogP contribution in [0.2, 0.25) is 0 Å². The highest BCUT2D eigenvalue weighted by atomic mass is 16.3. The zero-order valence-corrected chi connectivity index (χ0v) is 18.9. The Morgan fingerprint density at radius 3 is 2.36 bits per heavy atom. The molecule has 2 aromatic carbocycles. The van der Waals surface area contributed by atoms with Crippen molar-refractivity contribution in [2.24, 2.45) is 35.1 Å². The molecule has 5 atom stereocenters. The van der Waals surface area contributed by atoms with Gasteiger partial charge in [0.15, 0.2) is 34.7 Å². The molecule has 0 spiro atoms. The van der Waals surface area contributed by atoms with E-state index < -0.39 is 70.6 Å². The van der Waals surface area contributed by atoms with E-state index in [0.29, 0.717) is 16.7 Å². The van der Waals surface area contributed by atoms with Crippen LogP contribution in [0, 0.1) is 23.7 Å². The van der Waals surface area contributed by atoms with Gasteiger partial charge in [-0.1, -0.05) is 18.2 Å². The van der Waals surface area contributed by atoms with Crippen LogP contribution in [-0.2, 0) is 25.6 Å². The van der Waals surface area contributed by atoms with Gasteiger partial charge in [0.1, 0.15) is 5.75 Å². The summed E-state index contributed by atoms with van der Waals surface area (Å²) in [7, 11) is 0. The number of hydrogen-bond acceptors (Lipinski definition) is 8. The van der Waals surface area contributed by atoms with Gasteiger partial charge in [-0.3, -0.25) is 28.8 Å². The summed E-state index contributed by atoms with van der Waals surface area (Å²) in [5.41, 5.74) is 9.59. The average Bonchev–Trinajstić information content (AvgIpc) is 2.81. The van der Waals surface area contributed by atoms with Crippen molar-refractivity contribution < 1.29 is 39.0 Å². The predicted molar refractivity (Wildman–Crippen MR) is 122 cm³/mol. The van der Waals surface area contributed by atoms with E-state index >= 15 is 0 Å². The van der Waals surface area contributed by atoms with Gasteiger partial charge in [0.05, 0.1) is 11.5 Å². The third kappa shape index (κ3) is 3.14. The van der Waals surface area contributed by atoms with Crippen molar-refractivity contribution in [3.63, 3.8) is 0 Å². The van der Waals surface area contributed by atoms with Crippen LogP contribution >= 0.6 is 0 Å². The summed E-state index contributed by atoms with van der Waals surface area (Å²) >= 11 is 0. The second-order valence-corrected chi connectivity index (χ2v) is 9.67. The van der Waals surface area contributed by atoms with Gasteiger partial charge in [0, 0.05) is 17.9 Å². The Kier molecular flexibility index (Phi) is 5.18. The molecule has 6 N–H and O–H groups in total. The van der Waals surface area contributed by atoms with Crippen LogP contribution in [0.15, 0.2) is 36.4 Å². The summed E-state index contributed by atoms with van der Waals surface area (Å²) in [6, 6.07) is 9.31. The topological polar surface area (TPSA) is 195 Å². The van der Waals surface area contributed by atoms with E-state index in [1.807, 2.05) is 0 Å². The molecule has 0 aliphatic heterocycles. The zero-order chi connectivity index (χ0) is 26.1. The Morgan fingerprint density at radius 2 is 1.69 bits per heavy atom. The SMILES string of the molecule is NC(=O)c1cccc(-c2ccc(O)c3c2C[C@H]2C[C@H]4CC(=O)C(C(N)=O)C(=O)[C@@]4(O)C(=O)C2C3=O)c1. The van der Waals surface area contributed by atoms with Crippen LogP contribution in [0.4, 0.5) is 0 Å². The lowest BCUT2D eigenvalue weighted by Crippen LogP contribution is -2.68. The highest BCUT2D eigenvalue weighted by molar-refractivity contribution is 6.31. The van der Waals surface area contributed by atoms with Gasteiger partial charge in [0.2, 0.25) is 11.8 Å². The molecule has 0 aromatic heterocycles. The molecule has 184 valence electrons. The summed E-state index contributed by atoms with van der Waals surface area (Å²) in [5, 5.41) is 21.8. The number of aromatic hydroxyl groups is 1. The van der Waals surface area contributed by atoms with Gasteiger partial charge in [-0.25, -0.2) is 0 Å². The lowest BCUT2D eigenvalue weighted by Gasteiger charge is -2.48. The number of Topliss-reactive ketones (excluding diaryl/α,β-unsaturated/α-hetero) is 4. The quantitative estimate of drug-likeness (QED) is 0.434. The summed E-state index contributed by atoms with van der Waals surface area (Å²) in [6.45, 7) is 0. The highest BCUT2D eigenvalue weighted by Crippen LogP contribution is 2.51. The van der Waals surface area contributed by atoms with Crippen LogP contribution in [0.1, 0.15) is 39.1 Å². The van der Waals surface area contributed by atoms with Gasteiger partial charge in [-0.05, 0) is 53.6 Å². The average molecular weight is 490 g/mol.